The summed E-state index contributed by atoms with van der Waals surface area (Å²) in [6.07, 6.45) is 5.45. The normalized spacial score (nSPS) is 35.3. The van der Waals surface area contributed by atoms with Gasteiger partial charge in [0.25, 0.3) is 0 Å². The smallest absolute Gasteiger partial charge is 0.181 e. The lowest BCUT2D eigenvalue weighted by Crippen LogP contribution is -2.46. The Hall–Kier alpha value is -0.630. The van der Waals surface area contributed by atoms with Crippen LogP contribution in [0.25, 0.3) is 11.0 Å². The summed E-state index contributed by atoms with van der Waals surface area (Å²) in [5, 5.41) is 0.988. The molecule has 11 heteroatoms. The third kappa shape index (κ3) is 4.89. The van der Waals surface area contributed by atoms with Crippen molar-refractivity contribution in [1.82, 2.24) is 14.5 Å². The molecule has 6 atom stereocenters. The highest BCUT2D eigenvalue weighted by molar-refractivity contribution is 14.1. The molecule has 4 unspecified atom stereocenters. The zero-order chi connectivity index (χ0) is 23.0. The molecule has 5 rings (SSSR count). The summed E-state index contributed by atoms with van der Waals surface area (Å²) in [5.41, 5.74) is -1.37. The van der Waals surface area contributed by atoms with Gasteiger partial charge in [-0.2, -0.15) is 0 Å². The van der Waals surface area contributed by atoms with Gasteiger partial charge in [0.1, 0.15) is 29.3 Å². The number of aromatic nitrogens is 3. The van der Waals surface area contributed by atoms with Crippen LogP contribution >= 0.6 is 34.2 Å². The molecule has 0 radical (unpaired) electrons. The fourth-order valence-corrected chi connectivity index (χ4v) is 5.96. The van der Waals surface area contributed by atoms with E-state index >= 15 is 4.39 Å². The van der Waals surface area contributed by atoms with Crippen molar-refractivity contribution in [2.24, 2.45) is 0 Å². The van der Waals surface area contributed by atoms with Crippen molar-refractivity contribution in [3.05, 3.63) is 21.2 Å². The van der Waals surface area contributed by atoms with Gasteiger partial charge >= 0.3 is 0 Å². The van der Waals surface area contributed by atoms with Gasteiger partial charge in [0.05, 0.1) is 12.0 Å². The molecule has 3 aliphatic heterocycles. The van der Waals surface area contributed by atoms with E-state index in [9.17, 15) is 0 Å². The zero-order valence-corrected chi connectivity index (χ0v) is 21.3. The number of rotatable bonds is 6. The van der Waals surface area contributed by atoms with Crippen LogP contribution in [-0.2, 0) is 23.7 Å². The molecule has 5 heterocycles. The van der Waals surface area contributed by atoms with Crippen LogP contribution in [-0.4, -0.2) is 64.8 Å². The third-order valence-electron chi connectivity index (χ3n) is 6.47. The van der Waals surface area contributed by atoms with Gasteiger partial charge in [0, 0.05) is 23.0 Å². The lowest BCUT2D eigenvalue weighted by Gasteiger charge is -2.33. The first-order valence-corrected chi connectivity index (χ1v) is 12.9. The molecule has 3 saturated heterocycles. The van der Waals surface area contributed by atoms with Crippen molar-refractivity contribution in [3.63, 3.8) is 0 Å². The molecule has 0 aliphatic carbocycles. The molecular formula is C22H28ClFIN3O5. The molecule has 0 bridgehead atoms. The van der Waals surface area contributed by atoms with Crippen LogP contribution in [0.5, 0.6) is 0 Å². The van der Waals surface area contributed by atoms with Crippen molar-refractivity contribution >= 4 is 45.2 Å². The zero-order valence-electron chi connectivity index (χ0n) is 18.4. The molecule has 182 valence electrons. The number of hydrogen-bond acceptors (Lipinski definition) is 7. The van der Waals surface area contributed by atoms with Crippen LogP contribution in [0.4, 0.5) is 4.39 Å². The summed E-state index contributed by atoms with van der Waals surface area (Å²) in [6, 6.07) is 0. The summed E-state index contributed by atoms with van der Waals surface area (Å²) in [4.78, 5) is 8.42. The average Bonchev–Trinajstić information content (AvgIpc) is 3.28. The van der Waals surface area contributed by atoms with Crippen LogP contribution in [0, 0.1) is 3.57 Å². The Balaban J connectivity index is 1.43. The van der Waals surface area contributed by atoms with E-state index in [2.05, 4.69) is 32.6 Å². The van der Waals surface area contributed by atoms with Crippen molar-refractivity contribution in [2.75, 3.05) is 19.8 Å². The minimum atomic E-state index is -1.88. The van der Waals surface area contributed by atoms with Gasteiger partial charge in [-0.05, 0) is 68.0 Å². The molecule has 0 N–H and O–H groups in total. The first kappa shape index (κ1) is 24.1. The second-order valence-electron chi connectivity index (χ2n) is 8.91. The van der Waals surface area contributed by atoms with Gasteiger partial charge in [0.2, 0.25) is 0 Å². The highest BCUT2D eigenvalue weighted by atomic mass is 127. The van der Waals surface area contributed by atoms with Crippen molar-refractivity contribution in [1.29, 1.82) is 0 Å². The average molecular weight is 596 g/mol. The quantitative estimate of drug-likeness (QED) is 0.352. The molecule has 2 aromatic heterocycles. The van der Waals surface area contributed by atoms with Crippen molar-refractivity contribution < 1.29 is 28.1 Å². The minimum Gasteiger partial charge on any atom is -0.353 e. The topological polar surface area (TPSA) is 76.9 Å². The molecule has 33 heavy (non-hydrogen) atoms. The fourth-order valence-electron chi connectivity index (χ4n) is 4.77. The first-order valence-electron chi connectivity index (χ1n) is 11.5. The Morgan fingerprint density at radius 1 is 1.18 bits per heavy atom. The molecule has 3 fully saturated rings. The van der Waals surface area contributed by atoms with Gasteiger partial charge in [-0.3, -0.25) is 0 Å². The van der Waals surface area contributed by atoms with E-state index in [0.29, 0.717) is 29.4 Å². The SMILES string of the molecule is C[C@]1(F)C(n2cc(I)c3c(Cl)ncnc32)OC(COC2CCCCO2)[C@H]1OC1CCCCO1. The predicted octanol–water partition coefficient (Wildman–Crippen LogP) is 4.77. The Morgan fingerprint density at radius 2 is 1.91 bits per heavy atom. The maximum absolute atomic E-state index is 16.5. The predicted molar refractivity (Wildman–Crippen MR) is 127 cm³/mol. The number of nitrogens with zero attached hydrogens (tertiary/aromatic N) is 3. The van der Waals surface area contributed by atoms with Crippen LogP contribution < -0.4 is 0 Å². The highest BCUT2D eigenvalue weighted by Gasteiger charge is 2.57. The fraction of sp³-hybridized carbons (Fsp3) is 0.727. The maximum atomic E-state index is 16.5. The van der Waals surface area contributed by atoms with Gasteiger partial charge in [-0.25, -0.2) is 14.4 Å². The Bertz CT molecular complexity index is 967. The van der Waals surface area contributed by atoms with Crippen LogP contribution in [0.3, 0.4) is 0 Å². The lowest BCUT2D eigenvalue weighted by atomic mass is 9.98. The van der Waals surface area contributed by atoms with Crippen LogP contribution in [0.15, 0.2) is 12.5 Å². The molecule has 0 aromatic carbocycles. The molecule has 0 amide bonds. The lowest BCUT2D eigenvalue weighted by molar-refractivity contribution is -0.226. The van der Waals surface area contributed by atoms with E-state index in [0.717, 1.165) is 42.1 Å². The van der Waals surface area contributed by atoms with E-state index in [1.54, 1.807) is 10.8 Å². The van der Waals surface area contributed by atoms with Gasteiger partial charge in [-0.1, -0.05) is 11.6 Å². The third-order valence-corrected chi connectivity index (χ3v) is 7.58. The highest BCUT2D eigenvalue weighted by Crippen LogP contribution is 2.46. The molecule has 2 aromatic rings. The second kappa shape index (κ2) is 10.2. The minimum absolute atomic E-state index is 0.157. The maximum Gasteiger partial charge on any atom is 0.181 e. The molecule has 0 saturated carbocycles. The summed E-state index contributed by atoms with van der Waals surface area (Å²) < 4.78 is 48.9. The summed E-state index contributed by atoms with van der Waals surface area (Å²) in [5.74, 6) is 0. The van der Waals surface area contributed by atoms with Crippen LogP contribution in [0.1, 0.15) is 51.7 Å². The summed E-state index contributed by atoms with van der Waals surface area (Å²) in [6.45, 7) is 2.94. The number of ether oxygens (including phenoxy) is 5. The summed E-state index contributed by atoms with van der Waals surface area (Å²) >= 11 is 8.44. The van der Waals surface area contributed by atoms with E-state index < -0.39 is 30.4 Å². The number of alkyl halides is 1. The van der Waals surface area contributed by atoms with Crippen LogP contribution in [0.2, 0.25) is 5.15 Å². The van der Waals surface area contributed by atoms with Gasteiger partial charge in [0.15, 0.2) is 24.5 Å². The number of halogens is 3. The second-order valence-corrected chi connectivity index (χ2v) is 10.4. The van der Waals surface area contributed by atoms with E-state index in [-0.39, 0.29) is 12.9 Å². The van der Waals surface area contributed by atoms with E-state index in [1.807, 2.05) is 0 Å². The molecule has 8 nitrogen and oxygen atoms in total. The molecular weight excluding hydrogens is 568 g/mol. The van der Waals surface area contributed by atoms with E-state index in [1.165, 1.54) is 13.3 Å². The Kier molecular flexibility index (Phi) is 7.41. The van der Waals surface area contributed by atoms with E-state index in [4.69, 9.17) is 35.3 Å². The van der Waals surface area contributed by atoms with Crippen molar-refractivity contribution in [3.8, 4) is 0 Å². The largest absolute Gasteiger partial charge is 0.353 e. The Labute approximate surface area is 210 Å². The molecule has 3 aliphatic rings. The number of fused-ring (bicyclic) bond motifs is 1. The molecule has 0 spiro atoms. The van der Waals surface area contributed by atoms with Crippen molar-refractivity contribution in [2.45, 2.75) is 82.1 Å². The summed E-state index contributed by atoms with van der Waals surface area (Å²) in [7, 11) is 0. The van der Waals surface area contributed by atoms with Gasteiger partial charge < -0.3 is 28.3 Å². The Morgan fingerprint density at radius 3 is 2.61 bits per heavy atom. The standard InChI is InChI=1S/C22H28ClFIN3O5/c1-22(24)18(33-16-7-3-5-9-30-16)14(11-31-15-6-2-4-8-29-15)32-21(22)28-10-13(25)17-19(23)26-12-27-20(17)28/h10,12,14-16,18,21H,2-9,11H2,1H3/t14?,15?,16?,18-,21?,22-/m1/s1. The monoisotopic (exact) mass is 595 g/mol. The first-order chi connectivity index (χ1) is 15.9. The number of hydrogen-bond donors (Lipinski definition) is 0. The van der Waals surface area contributed by atoms with Gasteiger partial charge in [-0.15, -0.1) is 0 Å².